The summed E-state index contributed by atoms with van der Waals surface area (Å²) >= 11 is 0. The molecule has 0 amide bonds. The second kappa shape index (κ2) is 5.34. The van der Waals surface area contributed by atoms with Crippen LogP contribution in [0.25, 0.3) is 0 Å². The molecule has 98 valence electrons. The molecule has 0 saturated carbocycles. The number of hydrogen-bond acceptors (Lipinski definition) is 4. The van der Waals surface area contributed by atoms with Crippen LogP contribution >= 0.6 is 0 Å². The number of aryl methyl sites for hydroxylation is 2. The minimum atomic E-state index is -0.441. The molecular weight excluding hydrogens is 244 g/mol. The lowest BCUT2D eigenvalue weighted by Gasteiger charge is -2.00. The lowest BCUT2D eigenvalue weighted by molar-refractivity contribution is -0.384. The van der Waals surface area contributed by atoms with E-state index in [0.29, 0.717) is 5.69 Å². The summed E-state index contributed by atoms with van der Waals surface area (Å²) in [4.78, 5) is 13.5. The smallest absolute Gasteiger partial charge is 0.294 e. The molecule has 0 bridgehead atoms. The molecule has 1 aromatic carbocycles. The predicted molar refractivity (Wildman–Crippen MR) is 74.6 cm³/mol. The molecule has 1 heterocycles. The SMILES string of the molecule is Cc1cc(/C=N/Nc2ccccc2[N+](=O)[O-])c(C)[nH]1. The number of H-pyrrole nitrogens is 1. The number of nitro groups is 1. The van der Waals surface area contributed by atoms with E-state index in [-0.39, 0.29) is 5.69 Å². The van der Waals surface area contributed by atoms with Crippen molar-refractivity contribution >= 4 is 17.6 Å². The number of benzene rings is 1. The summed E-state index contributed by atoms with van der Waals surface area (Å²) in [5.41, 5.74) is 6.06. The highest BCUT2D eigenvalue weighted by atomic mass is 16.6. The zero-order valence-electron chi connectivity index (χ0n) is 10.7. The van der Waals surface area contributed by atoms with Crippen LogP contribution in [0.4, 0.5) is 11.4 Å². The van der Waals surface area contributed by atoms with Crippen molar-refractivity contribution in [1.82, 2.24) is 4.98 Å². The number of rotatable bonds is 4. The Labute approximate surface area is 110 Å². The lowest BCUT2D eigenvalue weighted by Crippen LogP contribution is -1.96. The summed E-state index contributed by atoms with van der Waals surface area (Å²) in [6, 6.07) is 8.34. The van der Waals surface area contributed by atoms with Crippen LogP contribution in [0.15, 0.2) is 35.4 Å². The summed E-state index contributed by atoms with van der Waals surface area (Å²) in [6.07, 6.45) is 1.63. The lowest BCUT2D eigenvalue weighted by atomic mass is 10.2. The van der Waals surface area contributed by atoms with E-state index in [0.717, 1.165) is 17.0 Å². The van der Waals surface area contributed by atoms with Crippen molar-refractivity contribution in [3.8, 4) is 0 Å². The average molecular weight is 258 g/mol. The van der Waals surface area contributed by atoms with Crippen molar-refractivity contribution in [2.45, 2.75) is 13.8 Å². The van der Waals surface area contributed by atoms with Gasteiger partial charge in [-0.05, 0) is 26.0 Å². The first-order valence-electron chi connectivity index (χ1n) is 5.76. The monoisotopic (exact) mass is 258 g/mol. The van der Waals surface area contributed by atoms with E-state index in [2.05, 4.69) is 15.5 Å². The maximum atomic E-state index is 10.8. The van der Waals surface area contributed by atoms with E-state index in [4.69, 9.17) is 0 Å². The fourth-order valence-corrected chi connectivity index (χ4v) is 1.78. The van der Waals surface area contributed by atoms with Crippen LogP contribution in [0.2, 0.25) is 0 Å². The Bertz CT molecular complexity index is 631. The topological polar surface area (TPSA) is 83.3 Å². The summed E-state index contributed by atoms with van der Waals surface area (Å²) in [7, 11) is 0. The Morgan fingerprint density at radius 3 is 2.74 bits per heavy atom. The Kier molecular flexibility index (Phi) is 3.61. The second-order valence-electron chi connectivity index (χ2n) is 4.18. The van der Waals surface area contributed by atoms with E-state index < -0.39 is 4.92 Å². The van der Waals surface area contributed by atoms with Crippen molar-refractivity contribution in [3.63, 3.8) is 0 Å². The molecule has 0 aliphatic rings. The van der Waals surface area contributed by atoms with Gasteiger partial charge in [-0.25, -0.2) is 0 Å². The fourth-order valence-electron chi connectivity index (χ4n) is 1.78. The van der Waals surface area contributed by atoms with Gasteiger partial charge in [-0.3, -0.25) is 15.5 Å². The number of hydrogen-bond donors (Lipinski definition) is 2. The van der Waals surface area contributed by atoms with Crippen LogP contribution in [0.1, 0.15) is 17.0 Å². The van der Waals surface area contributed by atoms with Gasteiger partial charge in [0.05, 0.1) is 11.1 Å². The molecule has 0 aliphatic heterocycles. The van der Waals surface area contributed by atoms with E-state index in [1.165, 1.54) is 6.07 Å². The predicted octanol–water partition coefficient (Wildman–Crippen LogP) is 2.99. The van der Waals surface area contributed by atoms with Crippen LogP contribution in [-0.2, 0) is 0 Å². The van der Waals surface area contributed by atoms with Crippen molar-refractivity contribution in [3.05, 3.63) is 57.4 Å². The Balaban J connectivity index is 2.15. The number of para-hydroxylation sites is 2. The Morgan fingerprint density at radius 2 is 2.11 bits per heavy atom. The number of nitro benzene ring substituents is 1. The maximum Gasteiger partial charge on any atom is 0.294 e. The first kappa shape index (κ1) is 12.8. The number of aromatic amines is 1. The van der Waals surface area contributed by atoms with Crippen molar-refractivity contribution in [2.24, 2.45) is 5.10 Å². The molecule has 0 fully saturated rings. The third-order valence-electron chi connectivity index (χ3n) is 2.68. The first-order valence-corrected chi connectivity index (χ1v) is 5.76. The molecule has 2 rings (SSSR count). The quantitative estimate of drug-likeness (QED) is 0.502. The fraction of sp³-hybridized carbons (Fsp3) is 0.154. The second-order valence-corrected chi connectivity index (χ2v) is 4.18. The molecule has 2 N–H and O–H groups in total. The molecule has 0 unspecified atom stereocenters. The highest BCUT2D eigenvalue weighted by molar-refractivity contribution is 5.82. The molecular formula is C13H14N4O2. The first-order chi connectivity index (χ1) is 9.08. The summed E-state index contributed by atoms with van der Waals surface area (Å²) in [5, 5.41) is 14.9. The molecule has 6 heteroatoms. The van der Waals surface area contributed by atoms with Gasteiger partial charge in [0, 0.05) is 23.0 Å². The highest BCUT2D eigenvalue weighted by Crippen LogP contribution is 2.22. The van der Waals surface area contributed by atoms with E-state index in [1.807, 2.05) is 19.9 Å². The molecule has 0 saturated heterocycles. The van der Waals surface area contributed by atoms with Crippen LogP contribution in [0.3, 0.4) is 0 Å². The van der Waals surface area contributed by atoms with Crippen LogP contribution in [-0.4, -0.2) is 16.1 Å². The number of aromatic nitrogens is 1. The van der Waals surface area contributed by atoms with Gasteiger partial charge in [-0.15, -0.1) is 0 Å². The number of anilines is 1. The minimum absolute atomic E-state index is 0.00150. The summed E-state index contributed by atoms with van der Waals surface area (Å²) < 4.78 is 0. The molecule has 0 radical (unpaired) electrons. The van der Waals surface area contributed by atoms with Crippen LogP contribution < -0.4 is 5.43 Å². The van der Waals surface area contributed by atoms with Gasteiger partial charge in [-0.2, -0.15) is 5.10 Å². The van der Waals surface area contributed by atoms with Gasteiger partial charge in [0.25, 0.3) is 5.69 Å². The standard InChI is InChI=1S/C13H14N4O2/c1-9-7-11(10(2)15-9)8-14-16-12-5-3-4-6-13(12)17(18)19/h3-8,15-16H,1-2H3/b14-8+. The molecule has 6 nitrogen and oxygen atoms in total. The third-order valence-corrected chi connectivity index (χ3v) is 2.68. The maximum absolute atomic E-state index is 10.8. The molecule has 0 aliphatic carbocycles. The molecule has 1 aromatic heterocycles. The largest absolute Gasteiger partial charge is 0.362 e. The van der Waals surface area contributed by atoms with Crippen LogP contribution in [0, 0.1) is 24.0 Å². The highest BCUT2D eigenvalue weighted by Gasteiger charge is 2.10. The summed E-state index contributed by atoms with van der Waals surface area (Å²) in [6.45, 7) is 3.90. The third kappa shape index (κ3) is 2.98. The number of nitrogens with one attached hydrogen (secondary N) is 2. The Morgan fingerprint density at radius 1 is 1.37 bits per heavy atom. The van der Waals surface area contributed by atoms with Gasteiger partial charge >= 0.3 is 0 Å². The molecule has 19 heavy (non-hydrogen) atoms. The van der Waals surface area contributed by atoms with Crippen LogP contribution in [0.5, 0.6) is 0 Å². The van der Waals surface area contributed by atoms with Gasteiger partial charge in [-0.1, -0.05) is 12.1 Å². The number of nitrogens with zero attached hydrogens (tertiary/aromatic N) is 2. The van der Waals surface area contributed by atoms with Gasteiger partial charge in [0.15, 0.2) is 0 Å². The zero-order valence-corrected chi connectivity index (χ0v) is 10.7. The normalized spacial score (nSPS) is 10.8. The zero-order chi connectivity index (χ0) is 13.8. The molecule has 2 aromatic rings. The number of hydrazone groups is 1. The van der Waals surface area contributed by atoms with Crippen molar-refractivity contribution in [2.75, 3.05) is 5.43 Å². The summed E-state index contributed by atoms with van der Waals surface area (Å²) in [5.74, 6) is 0. The van der Waals surface area contributed by atoms with Crippen molar-refractivity contribution < 1.29 is 4.92 Å². The van der Waals surface area contributed by atoms with Crippen molar-refractivity contribution in [1.29, 1.82) is 0 Å². The van der Waals surface area contributed by atoms with Gasteiger partial charge in [0.2, 0.25) is 0 Å². The molecule has 0 atom stereocenters. The Hall–Kier alpha value is -2.63. The minimum Gasteiger partial charge on any atom is -0.362 e. The van der Waals surface area contributed by atoms with Gasteiger partial charge in [0.1, 0.15) is 5.69 Å². The molecule has 0 spiro atoms. The average Bonchev–Trinajstić information content (AvgIpc) is 2.68. The van der Waals surface area contributed by atoms with Gasteiger partial charge < -0.3 is 4.98 Å². The van der Waals surface area contributed by atoms with E-state index >= 15 is 0 Å². The van der Waals surface area contributed by atoms with E-state index in [1.54, 1.807) is 24.4 Å². The van der Waals surface area contributed by atoms with E-state index in [9.17, 15) is 10.1 Å².